The molecule has 0 amide bonds. The lowest BCUT2D eigenvalue weighted by Crippen LogP contribution is -2.17. The summed E-state index contributed by atoms with van der Waals surface area (Å²) in [6.07, 6.45) is 2.77. The van der Waals surface area contributed by atoms with Crippen LogP contribution >= 0.6 is 34.5 Å². The summed E-state index contributed by atoms with van der Waals surface area (Å²) >= 11 is 13.1. The van der Waals surface area contributed by atoms with Gasteiger partial charge in [-0.05, 0) is 60.6 Å². The van der Waals surface area contributed by atoms with Crippen LogP contribution in [-0.2, 0) is 20.0 Å². The quantitative estimate of drug-likeness (QED) is 0.187. The minimum absolute atomic E-state index is 0.0294. The van der Waals surface area contributed by atoms with Gasteiger partial charge in [-0.2, -0.15) is 0 Å². The SMILES string of the molecule is C=C/C(=C\N=C)Oc1ccc(S(=O)(=O)Nc2cc(Cl)c(Cl)cc2NS(=O)(=O)c2cccs2)cc1. The maximum absolute atomic E-state index is 13.0. The molecule has 3 aromatic rings. The van der Waals surface area contributed by atoms with Crippen molar-refractivity contribution in [2.45, 2.75) is 9.10 Å². The first-order valence-corrected chi connectivity index (χ1v) is 13.8. The molecule has 0 saturated carbocycles. The molecule has 0 aliphatic rings. The summed E-state index contributed by atoms with van der Waals surface area (Å²) in [4.78, 5) is 3.48. The number of rotatable bonds is 10. The summed E-state index contributed by atoms with van der Waals surface area (Å²) in [6, 6.07) is 10.9. The summed E-state index contributed by atoms with van der Waals surface area (Å²) in [5.74, 6) is 0.662. The van der Waals surface area contributed by atoms with Gasteiger partial charge in [0.15, 0.2) is 0 Å². The molecule has 0 aliphatic carbocycles. The number of benzene rings is 2. The molecule has 2 aromatic carbocycles. The van der Waals surface area contributed by atoms with Crippen LogP contribution < -0.4 is 14.2 Å². The fourth-order valence-electron chi connectivity index (χ4n) is 2.56. The second kappa shape index (κ2) is 10.6. The molecule has 0 unspecified atom stereocenters. The number of halogens is 2. The predicted molar refractivity (Wildman–Crippen MR) is 137 cm³/mol. The first-order valence-electron chi connectivity index (χ1n) is 9.20. The van der Waals surface area contributed by atoms with Gasteiger partial charge in [0.2, 0.25) is 0 Å². The van der Waals surface area contributed by atoms with E-state index in [1.807, 2.05) is 0 Å². The Bertz CT molecular complexity index is 1450. The van der Waals surface area contributed by atoms with Gasteiger partial charge in [-0.3, -0.25) is 14.4 Å². The fraction of sp³-hybridized carbons (Fsp3) is 0. The Morgan fingerprint density at radius 2 is 1.56 bits per heavy atom. The number of ether oxygens (including phenoxy) is 1. The third-order valence-electron chi connectivity index (χ3n) is 4.10. The summed E-state index contributed by atoms with van der Waals surface area (Å²) in [5.41, 5.74) is -0.201. The second-order valence-electron chi connectivity index (χ2n) is 6.45. The zero-order valence-electron chi connectivity index (χ0n) is 17.2. The zero-order chi connectivity index (χ0) is 24.9. The molecule has 0 spiro atoms. The van der Waals surface area contributed by atoms with Crippen LogP contribution in [0.4, 0.5) is 11.4 Å². The Kier molecular flexibility index (Phi) is 8.05. The lowest BCUT2D eigenvalue weighted by molar-refractivity contribution is 0.443. The third-order valence-corrected chi connectivity index (χ3v) is 8.97. The number of thiophene rings is 1. The molecule has 1 aromatic heterocycles. The van der Waals surface area contributed by atoms with Crippen LogP contribution in [0.1, 0.15) is 0 Å². The van der Waals surface area contributed by atoms with Gasteiger partial charge in [-0.1, -0.05) is 35.8 Å². The Balaban J connectivity index is 1.91. The summed E-state index contributed by atoms with van der Waals surface area (Å²) in [6.45, 7) is 6.92. The molecule has 3 rings (SSSR count). The molecule has 13 heteroatoms. The molecule has 178 valence electrons. The lowest BCUT2D eigenvalue weighted by Gasteiger charge is -2.15. The standard InChI is InChI=1S/C21H17Cl2N3O5S3/c1-3-14(13-24-2)31-15-6-8-16(9-7-15)33(27,28)25-19-11-17(22)18(23)12-20(19)26-34(29,30)21-5-4-10-32-21/h3-13,25-26H,1-2H2/b14-13+. The number of sulfonamides is 2. The Morgan fingerprint density at radius 1 is 0.971 bits per heavy atom. The van der Waals surface area contributed by atoms with E-state index in [1.54, 1.807) is 11.4 Å². The molecular formula is C21H17Cl2N3O5S3. The van der Waals surface area contributed by atoms with Gasteiger partial charge in [0.1, 0.15) is 15.7 Å². The minimum atomic E-state index is -4.14. The summed E-state index contributed by atoms with van der Waals surface area (Å²) < 4.78 is 61.5. The molecule has 0 aliphatic heterocycles. The van der Waals surface area contributed by atoms with Crippen LogP contribution in [0.5, 0.6) is 5.75 Å². The largest absolute Gasteiger partial charge is 0.456 e. The number of nitrogens with one attached hydrogen (secondary N) is 2. The molecule has 8 nitrogen and oxygen atoms in total. The van der Waals surface area contributed by atoms with Gasteiger partial charge in [0.25, 0.3) is 20.0 Å². The van der Waals surface area contributed by atoms with Gasteiger partial charge < -0.3 is 4.74 Å². The van der Waals surface area contributed by atoms with E-state index in [9.17, 15) is 16.8 Å². The highest BCUT2D eigenvalue weighted by Gasteiger charge is 2.22. The average Bonchev–Trinajstić information content (AvgIpc) is 3.33. The van der Waals surface area contributed by atoms with E-state index in [-0.39, 0.29) is 30.5 Å². The van der Waals surface area contributed by atoms with E-state index in [0.29, 0.717) is 11.5 Å². The number of allylic oxidation sites excluding steroid dienone is 1. The van der Waals surface area contributed by atoms with Crippen molar-refractivity contribution in [2.24, 2.45) is 4.99 Å². The predicted octanol–water partition coefficient (Wildman–Crippen LogP) is 5.76. The average molecular weight is 558 g/mol. The molecule has 0 radical (unpaired) electrons. The van der Waals surface area contributed by atoms with Gasteiger partial charge >= 0.3 is 0 Å². The topological polar surface area (TPSA) is 114 Å². The van der Waals surface area contributed by atoms with Crippen LogP contribution in [-0.4, -0.2) is 23.6 Å². The van der Waals surface area contributed by atoms with E-state index < -0.39 is 20.0 Å². The zero-order valence-corrected chi connectivity index (χ0v) is 21.2. The van der Waals surface area contributed by atoms with E-state index in [1.165, 1.54) is 54.7 Å². The van der Waals surface area contributed by atoms with Crippen molar-refractivity contribution >= 4 is 72.7 Å². The van der Waals surface area contributed by atoms with Gasteiger partial charge in [-0.15, -0.1) is 11.3 Å². The highest BCUT2D eigenvalue weighted by atomic mass is 35.5. The smallest absolute Gasteiger partial charge is 0.271 e. The van der Waals surface area contributed by atoms with Gasteiger partial charge in [0.05, 0.1) is 32.5 Å². The van der Waals surface area contributed by atoms with Crippen molar-refractivity contribution in [3.8, 4) is 5.75 Å². The van der Waals surface area contributed by atoms with Crippen molar-refractivity contribution in [2.75, 3.05) is 9.44 Å². The van der Waals surface area contributed by atoms with Crippen LogP contribution in [0.15, 0.2) is 92.6 Å². The molecule has 1 heterocycles. The Morgan fingerprint density at radius 3 is 2.06 bits per heavy atom. The van der Waals surface area contributed by atoms with Crippen LogP contribution in [0.25, 0.3) is 0 Å². The number of anilines is 2. The first-order chi connectivity index (χ1) is 16.1. The third kappa shape index (κ3) is 6.19. The second-order valence-corrected chi connectivity index (χ2v) is 11.8. The highest BCUT2D eigenvalue weighted by molar-refractivity contribution is 7.94. The van der Waals surface area contributed by atoms with E-state index >= 15 is 0 Å². The van der Waals surface area contributed by atoms with Crippen molar-refractivity contribution in [1.82, 2.24) is 0 Å². The fourth-order valence-corrected chi connectivity index (χ4v) is 6.03. The molecule has 0 atom stereocenters. The Labute approximate surface area is 211 Å². The minimum Gasteiger partial charge on any atom is -0.456 e. The molecule has 0 bridgehead atoms. The maximum Gasteiger partial charge on any atom is 0.271 e. The normalized spacial score (nSPS) is 12.1. The van der Waals surface area contributed by atoms with E-state index in [2.05, 4.69) is 27.7 Å². The summed E-state index contributed by atoms with van der Waals surface area (Å²) in [5, 5.41) is 1.67. The molecule has 34 heavy (non-hydrogen) atoms. The Hall–Kier alpha value is -2.83. The highest BCUT2D eigenvalue weighted by Crippen LogP contribution is 2.35. The lowest BCUT2D eigenvalue weighted by atomic mass is 10.3. The van der Waals surface area contributed by atoms with E-state index in [0.717, 1.165) is 11.3 Å². The molecule has 0 saturated heterocycles. The van der Waals surface area contributed by atoms with Crippen molar-refractivity contribution in [3.63, 3.8) is 0 Å². The number of hydrogen-bond donors (Lipinski definition) is 2. The summed E-state index contributed by atoms with van der Waals surface area (Å²) in [7, 11) is -8.12. The van der Waals surface area contributed by atoms with Crippen molar-refractivity contribution < 1.29 is 21.6 Å². The molecule has 0 fully saturated rings. The number of aliphatic imine (C=N–C) groups is 1. The number of hydrogen-bond acceptors (Lipinski definition) is 7. The monoisotopic (exact) mass is 557 g/mol. The van der Waals surface area contributed by atoms with Crippen molar-refractivity contribution in [3.05, 3.63) is 88.6 Å². The van der Waals surface area contributed by atoms with Gasteiger partial charge in [-0.25, -0.2) is 16.8 Å². The van der Waals surface area contributed by atoms with Crippen molar-refractivity contribution in [1.29, 1.82) is 0 Å². The molecule has 2 N–H and O–H groups in total. The van der Waals surface area contributed by atoms with Crippen LogP contribution in [0, 0.1) is 0 Å². The first kappa shape index (κ1) is 25.8. The maximum atomic E-state index is 13.0. The van der Waals surface area contributed by atoms with Crippen LogP contribution in [0.2, 0.25) is 10.0 Å². The van der Waals surface area contributed by atoms with E-state index in [4.69, 9.17) is 27.9 Å². The van der Waals surface area contributed by atoms with Crippen LogP contribution in [0.3, 0.4) is 0 Å². The van der Waals surface area contributed by atoms with Gasteiger partial charge in [0, 0.05) is 0 Å². The molecular weight excluding hydrogens is 541 g/mol. The number of nitrogens with zero attached hydrogens (tertiary/aromatic N) is 1.